The molecule has 2 N–H and O–H groups in total. The van der Waals surface area contributed by atoms with E-state index in [-0.39, 0.29) is 17.9 Å². The normalized spacial score (nSPS) is 19.4. The average molecular weight is 249 g/mol. The maximum Gasteiger partial charge on any atom is 0.323 e. The molecule has 0 radical (unpaired) electrons. The third-order valence-corrected chi connectivity index (χ3v) is 3.04. The molecule has 0 saturated carbocycles. The summed E-state index contributed by atoms with van der Waals surface area (Å²) in [4.78, 5) is 17.6. The molecule has 1 aromatic rings. The molecule has 6 heteroatoms. The standard InChI is InChI=1S/C12H19N5O/c1-3-5-16-8-14-7-9(16)10-11(13)15-12(18)17(10)6-4-2/h7-8,10H,3-6H2,1-2H3,(H2,13,15,18). The number of aryl methyl sites for hydroxylation is 1. The molecular formula is C12H19N5O. The minimum atomic E-state index is -0.313. The number of urea groups is 1. The van der Waals surface area contributed by atoms with Crippen LogP contribution in [0.1, 0.15) is 38.4 Å². The largest absolute Gasteiger partial charge is 0.332 e. The van der Waals surface area contributed by atoms with Crippen LogP contribution < -0.4 is 5.32 Å². The highest BCUT2D eigenvalue weighted by atomic mass is 16.2. The van der Waals surface area contributed by atoms with Gasteiger partial charge in [-0.15, -0.1) is 0 Å². The van der Waals surface area contributed by atoms with Crippen LogP contribution in [0.15, 0.2) is 12.5 Å². The lowest BCUT2D eigenvalue weighted by Gasteiger charge is -2.22. The number of amidine groups is 1. The average Bonchev–Trinajstić information content (AvgIpc) is 2.86. The van der Waals surface area contributed by atoms with Crippen molar-refractivity contribution in [3.63, 3.8) is 0 Å². The van der Waals surface area contributed by atoms with Crippen molar-refractivity contribution in [2.75, 3.05) is 6.54 Å². The van der Waals surface area contributed by atoms with Gasteiger partial charge in [-0.2, -0.15) is 0 Å². The lowest BCUT2D eigenvalue weighted by atomic mass is 10.2. The van der Waals surface area contributed by atoms with Crippen LogP contribution in [0.5, 0.6) is 0 Å². The summed E-state index contributed by atoms with van der Waals surface area (Å²) < 4.78 is 2.02. The monoisotopic (exact) mass is 249 g/mol. The summed E-state index contributed by atoms with van der Waals surface area (Å²) in [5.74, 6) is 0.242. The summed E-state index contributed by atoms with van der Waals surface area (Å²) >= 11 is 0. The van der Waals surface area contributed by atoms with Crippen LogP contribution >= 0.6 is 0 Å². The molecule has 1 fully saturated rings. The Kier molecular flexibility index (Phi) is 3.64. The van der Waals surface area contributed by atoms with Gasteiger partial charge in [0.15, 0.2) is 0 Å². The molecule has 1 unspecified atom stereocenters. The Morgan fingerprint density at radius 3 is 2.78 bits per heavy atom. The van der Waals surface area contributed by atoms with Crippen LogP contribution in [0.4, 0.5) is 4.79 Å². The molecule has 2 rings (SSSR count). The molecule has 1 atom stereocenters. The first-order chi connectivity index (χ1) is 8.69. The molecule has 1 aliphatic rings. The molecule has 18 heavy (non-hydrogen) atoms. The van der Waals surface area contributed by atoms with Crippen LogP contribution in [0.3, 0.4) is 0 Å². The number of carbonyl (C=O) groups excluding carboxylic acids is 1. The Balaban J connectivity index is 2.31. The maximum absolute atomic E-state index is 11.8. The van der Waals surface area contributed by atoms with E-state index in [1.165, 1.54) is 0 Å². The summed E-state index contributed by atoms with van der Waals surface area (Å²) in [7, 11) is 0. The fourth-order valence-corrected chi connectivity index (χ4v) is 2.29. The number of amides is 2. The Bertz CT molecular complexity index is 453. The zero-order valence-corrected chi connectivity index (χ0v) is 10.8. The zero-order chi connectivity index (χ0) is 13.1. The molecule has 0 aliphatic carbocycles. The number of hydrogen-bond donors (Lipinski definition) is 2. The molecule has 1 saturated heterocycles. The van der Waals surface area contributed by atoms with E-state index in [1.807, 2.05) is 11.5 Å². The van der Waals surface area contributed by atoms with Gasteiger partial charge < -0.3 is 9.47 Å². The van der Waals surface area contributed by atoms with Crippen LogP contribution in [-0.4, -0.2) is 32.9 Å². The van der Waals surface area contributed by atoms with E-state index in [2.05, 4.69) is 17.2 Å². The lowest BCUT2D eigenvalue weighted by Crippen LogP contribution is -2.31. The number of nitrogens with zero attached hydrogens (tertiary/aromatic N) is 3. The third-order valence-electron chi connectivity index (χ3n) is 3.04. The number of nitrogens with one attached hydrogen (secondary N) is 2. The second-order valence-electron chi connectivity index (χ2n) is 4.45. The van der Waals surface area contributed by atoms with E-state index in [1.54, 1.807) is 17.4 Å². The highest BCUT2D eigenvalue weighted by Gasteiger charge is 2.37. The van der Waals surface area contributed by atoms with Crippen molar-refractivity contribution in [3.8, 4) is 0 Å². The van der Waals surface area contributed by atoms with Crippen molar-refractivity contribution >= 4 is 11.9 Å². The van der Waals surface area contributed by atoms with Gasteiger partial charge in [0.25, 0.3) is 0 Å². The van der Waals surface area contributed by atoms with Gasteiger partial charge in [0.1, 0.15) is 11.9 Å². The summed E-state index contributed by atoms with van der Waals surface area (Å²) in [6.07, 6.45) is 5.38. The minimum Gasteiger partial charge on any atom is -0.332 e. The van der Waals surface area contributed by atoms with Crippen molar-refractivity contribution < 1.29 is 4.79 Å². The fourth-order valence-electron chi connectivity index (χ4n) is 2.29. The van der Waals surface area contributed by atoms with Gasteiger partial charge in [0.2, 0.25) is 0 Å². The SMILES string of the molecule is CCCN1C(=O)NC(=N)C1c1cncn1CCC. The minimum absolute atomic E-state index is 0.184. The van der Waals surface area contributed by atoms with Gasteiger partial charge in [-0.05, 0) is 12.8 Å². The highest BCUT2D eigenvalue weighted by Crippen LogP contribution is 2.26. The molecule has 0 aromatic carbocycles. The number of hydrogen-bond acceptors (Lipinski definition) is 3. The van der Waals surface area contributed by atoms with Crippen molar-refractivity contribution in [3.05, 3.63) is 18.2 Å². The summed E-state index contributed by atoms with van der Waals surface area (Å²) in [6.45, 7) is 5.62. The van der Waals surface area contributed by atoms with E-state index >= 15 is 0 Å². The van der Waals surface area contributed by atoms with Gasteiger partial charge in [-0.25, -0.2) is 9.78 Å². The quantitative estimate of drug-likeness (QED) is 0.834. The molecule has 0 spiro atoms. The number of rotatable bonds is 5. The van der Waals surface area contributed by atoms with Crippen molar-refractivity contribution in [2.24, 2.45) is 0 Å². The summed E-state index contributed by atoms with van der Waals surface area (Å²) in [5, 5.41) is 10.5. The Morgan fingerprint density at radius 1 is 1.39 bits per heavy atom. The predicted molar refractivity (Wildman–Crippen MR) is 68.5 cm³/mol. The molecule has 1 aliphatic heterocycles. The van der Waals surface area contributed by atoms with E-state index in [0.29, 0.717) is 6.54 Å². The van der Waals surface area contributed by atoms with Crippen molar-refractivity contribution in [2.45, 2.75) is 39.3 Å². The fraction of sp³-hybridized carbons (Fsp3) is 0.583. The molecule has 2 heterocycles. The Hall–Kier alpha value is -1.85. The van der Waals surface area contributed by atoms with E-state index < -0.39 is 0 Å². The van der Waals surface area contributed by atoms with Gasteiger partial charge in [-0.3, -0.25) is 10.7 Å². The van der Waals surface area contributed by atoms with Crippen molar-refractivity contribution in [1.29, 1.82) is 5.41 Å². The second-order valence-corrected chi connectivity index (χ2v) is 4.45. The Morgan fingerprint density at radius 2 is 2.11 bits per heavy atom. The topological polar surface area (TPSA) is 74.0 Å². The van der Waals surface area contributed by atoms with Gasteiger partial charge >= 0.3 is 6.03 Å². The van der Waals surface area contributed by atoms with Crippen LogP contribution in [0.2, 0.25) is 0 Å². The first-order valence-corrected chi connectivity index (χ1v) is 6.35. The summed E-state index contributed by atoms with van der Waals surface area (Å²) in [6, 6.07) is -0.498. The lowest BCUT2D eigenvalue weighted by molar-refractivity contribution is 0.204. The zero-order valence-electron chi connectivity index (χ0n) is 10.8. The molecular weight excluding hydrogens is 230 g/mol. The molecule has 98 valence electrons. The highest BCUT2D eigenvalue weighted by molar-refractivity contribution is 6.05. The molecule has 0 bridgehead atoms. The van der Waals surface area contributed by atoms with Crippen molar-refractivity contribution in [1.82, 2.24) is 19.8 Å². The van der Waals surface area contributed by atoms with E-state index in [4.69, 9.17) is 5.41 Å². The first-order valence-electron chi connectivity index (χ1n) is 6.35. The maximum atomic E-state index is 11.8. The molecule has 6 nitrogen and oxygen atoms in total. The number of imidazole rings is 1. The molecule has 2 amide bonds. The van der Waals surface area contributed by atoms with Crippen LogP contribution in [0, 0.1) is 5.41 Å². The predicted octanol–water partition coefficient (Wildman–Crippen LogP) is 1.75. The van der Waals surface area contributed by atoms with Crippen LogP contribution in [0.25, 0.3) is 0 Å². The number of aromatic nitrogens is 2. The van der Waals surface area contributed by atoms with Gasteiger partial charge in [0.05, 0.1) is 18.2 Å². The Labute approximate surface area is 107 Å². The second kappa shape index (κ2) is 5.20. The van der Waals surface area contributed by atoms with Gasteiger partial charge in [-0.1, -0.05) is 13.8 Å². The van der Waals surface area contributed by atoms with Gasteiger partial charge in [0, 0.05) is 13.1 Å². The smallest absolute Gasteiger partial charge is 0.323 e. The van der Waals surface area contributed by atoms with Crippen LogP contribution in [-0.2, 0) is 6.54 Å². The van der Waals surface area contributed by atoms with E-state index in [0.717, 1.165) is 25.1 Å². The number of carbonyl (C=O) groups is 1. The van der Waals surface area contributed by atoms with E-state index in [9.17, 15) is 4.79 Å². The molecule has 1 aromatic heterocycles. The summed E-state index contributed by atoms with van der Waals surface area (Å²) in [5.41, 5.74) is 0.911. The third kappa shape index (κ3) is 2.10. The first kappa shape index (κ1) is 12.6.